The van der Waals surface area contributed by atoms with Gasteiger partial charge in [0.1, 0.15) is 17.3 Å². The van der Waals surface area contributed by atoms with E-state index in [1.807, 2.05) is 6.07 Å². The molecule has 0 spiro atoms. The van der Waals surface area contributed by atoms with Crippen molar-refractivity contribution >= 4 is 17.1 Å². The highest BCUT2D eigenvalue weighted by Crippen LogP contribution is 2.37. The fourth-order valence-corrected chi connectivity index (χ4v) is 3.21. The van der Waals surface area contributed by atoms with Gasteiger partial charge in [-0.2, -0.15) is 0 Å². The maximum Gasteiger partial charge on any atom is 0.292 e. The largest absolute Gasteiger partial charge is 0.439 e. The molecule has 0 unspecified atom stereocenters. The number of nitrogens with one attached hydrogen (secondary N) is 2. The second kappa shape index (κ2) is 7.51. The number of pyridine rings is 1. The molecule has 0 fully saturated rings. The number of benzene rings is 2. The van der Waals surface area contributed by atoms with Crippen molar-refractivity contribution in [2.24, 2.45) is 0 Å². The Labute approximate surface area is 160 Å². The first-order valence-electron chi connectivity index (χ1n) is 8.77. The van der Waals surface area contributed by atoms with Crippen molar-refractivity contribution in [3.8, 4) is 11.6 Å². The normalized spacial score (nSPS) is 12.2. The highest BCUT2D eigenvalue weighted by atomic mass is 19.1. The lowest BCUT2D eigenvalue weighted by Crippen LogP contribution is -2.07. The maximum absolute atomic E-state index is 13.4. The summed E-state index contributed by atoms with van der Waals surface area (Å²) in [6, 6.07) is 12.6. The van der Waals surface area contributed by atoms with Crippen LogP contribution in [0.4, 0.5) is 21.5 Å². The highest BCUT2D eigenvalue weighted by molar-refractivity contribution is 5.77. The van der Waals surface area contributed by atoms with E-state index >= 15 is 0 Å². The molecule has 2 heterocycles. The Morgan fingerprint density at radius 3 is 2.96 bits per heavy atom. The summed E-state index contributed by atoms with van der Waals surface area (Å²) in [6.45, 7) is 1.02. The number of ether oxygens (including phenoxy) is 1. The van der Waals surface area contributed by atoms with E-state index in [4.69, 9.17) is 4.74 Å². The highest BCUT2D eigenvalue weighted by Gasteiger charge is 2.23. The summed E-state index contributed by atoms with van der Waals surface area (Å²) in [5, 5.41) is 17.8. The zero-order chi connectivity index (χ0) is 19.5. The lowest BCUT2D eigenvalue weighted by Gasteiger charge is -2.14. The second-order valence-corrected chi connectivity index (χ2v) is 6.30. The molecule has 0 saturated heterocycles. The zero-order valence-electron chi connectivity index (χ0n) is 14.8. The van der Waals surface area contributed by atoms with Crippen LogP contribution in [0.15, 0.2) is 54.7 Å². The third-order valence-electron chi connectivity index (χ3n) is 4.49. The topological polar surface area (TPSA) is 89.3 Å². The number of nitro groups is 1. The molecule has 7 nitrogen and oxygen atoms in total. The lowest BCUT2D eigenvalue weighted by atomic mass is 10.1. The number of hydrogen-bond acceptors (Lipinski definition) is 6. The molecule has 2 aromatic carbocycles. The van der Waals surface area contributed by atoms with Crippen molar-refractivity contribution in [2.75, 3.05) is 17.2 Å². The number of anilines is 2. The van der Waals surface area contributed by atoms with Gasteiger partial charge in [0.05, 0.1) is 4.92 Å². The monoisotopic (exact) mass is 380 g/mol. The fourth-order valence-electron chi connectivity index (χ4n) is 3.21. The van der Waals surface area contributed by atoms with Gasteiger partial charge in [0.25, 0.3) is 5.69 Å². The molecule has 0 amide bonds. The molecule has 8 heteroatoms. The molecule has 4 rings (SSSR count). The summed E-state index contributed by atoms with van der Waals surface area (Å²) in [6.07, 6.45) is 2.28. The van der Waals surface area contributed by atoms with E-state index in [0.29, 0.717) is 29.3 Å². The molecule has 28 heavy (non-hydrogen) atoms. The second-order valence-electron chi connectivity index (χ2n) is 6.30. The first-order chi connectivity index (χ1) is 13.6. The fraction of sp³-hybridized carbons (Fsp3) is 0.150. The van der Waals surface area contributed by atoms with Crippen LogP contribution >= 0.6 is 0 Å². The lowest BCUT2D eigenvalue weighted by molar-refractivity contribution is -0.384. The number of rotatable bonds is 6. The van der Waals surface area contributed by atoms with Crippen molar-refractivity contribution in [1.29, 1.82) is 0 Å². The number of nitrogens with zero attached hydrogens (tertiary/aromatic N) is 2. The third-order valence-corrected chi connectivity index (χ3v) is 4.49. The van der Waals surface area contributed by atoms with Crippen LogP contribution in [0.5, 0.6) is 11.6 Å². The van der Waals surface area contributed by atoms with Gasteiger partial charge in [-0.15, -0.1) is 0 Å². The van der Waals surface area contributed by atoms with Crippen molar-refractivity contribution in [3.05, 3.63) is 81.8 Å². The SMILES string of the molecule is O=[N+]([O-])c1ccc2c(c1NCc1cccnc1Oc1cccc(F)c1)CCN2. The van der Waals surface area contributed by atoms with Gasteiger partial charge in [-0.25, -0.2) is 9.37 Å². The zero-order valence-corrected chi connectivity index (χ0v) is 14.8. The molecule has 142 valence electrons. The smallest absolute Gasteiger partial charge is 0.292 e. The van der Waals surface area contributed by atoms with E-state index in [9.17, 15) is 14.5 Å². The standard InChI is InChI=1S/C20H17FN4O3/c21-14-4-1-5-15(11-14)28-20-13(3-2-9-23-20)12-24-19-16-8-10-22-17(16)6-7-18(19)25(26)27/h1-7,9,11,22,24H,8,10,12H2. The summed E-state index contributed by atoms with van der Waals surface area (Å²) in [5.41, 5.74) is 3.01. The molecule has 3 aromatic rings. The van der Waals surface area contributed by atoms with Gasteiger partial charge in [0.15, 0.2) is 0 Å². The van der Waals surface area contributed by atoms with E-state index in [-0.39, 0.29) is 12.2 Å². The van der Waals surface area contributed by atoms with Crippen molar-refractivity contribution < 1.29 is 14.1 Å². The van der Waals surface area contributed by atoms with Crippen LogP contribution in [0.3, 0.4) is 0 Å². The Kier molecular flexibility index (Phi) is 4.76. The Morgan fingerprint density at radius 1 is 1.25 bits per heavy atom. The molecular formula is C20H17FN4O3. The van der Waals surface area contributed by atoms with Gasteiger partial charge in [0, 0.05) is 48.2 Å². The van der Waals surface area contributed by atoms with Crippen LogP contribution < -0.4 is 15.4 Å². The summed E-state index contributed by atoms with van der Waals surface area (Å²) in [7, 11) is 0. The molecule has 0 bridgehead atoms. The Balaban J connectivity index is 1.60. The molecule has 2 N–H and O–H groups in total. The Hall–Kier alpha value is -3.68. The third kappa shape index (κ3) is 3.57. The minimum atomic E-state index is -0.406. The quantitative estimate of drug-likeness (QED) is 0.483. The van der Waals surface area contributed by atoms with Gasteiger partial charge in [0.2, 0.25) is 5.88 Å². The summed E-state index contributed by atoms with van der Waals surface area (Å²) >= 11 is 0. The molecule has 1 aliphatic heterocycles. The Morgan fingerprint density at radius 2 is 2.14 bits per heavy atom. The predicted octanol–water partition coefficient (Wildman–Crippen LogP) is 4.50. The van der Waals surface area contributed by atoms with Crippen LogP contribution in [0, 0.1) is 15.9 Å². The number of nitro benzene ring substituents is 1. The summed E-state index contributed by atoms with van der Waals surface area (Å²) < 4.78 is 19.1. The van der Waals surface area contributed by atoms with Gasteiger partial charge in [-0.05, 0) is 30.7 Å². The summed E-state index contributed by atoms with van der Waals surface area (Å²) in [4.78, 5) is 15.3. The summed E-state index contributed by atoms with van der Waals surface area (Å²) in [5.74, 6) is 0.237. The van der Waals surface area contributed by atoms with Gasteiger partial charge >= 0.3 is 0 Å². The minimum absolute atomic E-state index is 0.0268. The number of hydrogen-bond donors (Lipinski definition) is 2. The van der Waals surface area contributed by atoms with E-state index < -0.39 is 10.7 Å². The molecule has 0 aliphatic carbocycles. The van der Waals surface area contributed by atoms with Crippen molar-refractivity contribution in [1.82, 2.24) is 4.98 Å². The average Bonchev–Trinajstić information content (AvgIpc) is 3.16. The van der Waals surface area contributed by atoms with Gasteiger partial charge in [-0.1, -0.05) is 12.1 Å². The Bertz CT molecular complexity index is 1040. The number of aromatic nitrogens is 1. The van der Waals surface area contributed by atoms with Crippen LogP contribution in [0.2, 0.25) is 0 Å². The van der Waals surface area contributed by atoms with Crippen LogP contribution in [-0.2, 0) is 13.0 Å². The van der Waals surface area contributed by atoms with Crippen LogP contribution in [0.1, 0.15) is 11.1 Å². The number of fused-ring (bicyclic) bond motifs is 1. The van der Waals surface area contributed by atoms with Crippen LogP contribution in [-0.4, -0.2) is 16.5 Å². The van der Waals surface area contributed by atoms with Crippen LogP contribution in [0.25, 0.3) is 0 Å². The predicted molar refractivity (Wildman–Crippen MR) is 103 cm³/mol. The van der Waals surface area contributed by atoms with E-state index in [1.54, 1.807) is 30.5 Å². The molecule has 1 aliphatic rings. The number of halogens is 1. The molecule has 0 atom stereocenters. The molecule has 0 radical (unpaired) electrons. The van der Waals surface area contributed by atoms with Crippen molar-refractivity contribution in [2.45, 2.75) is 13.0 Å². The van der Waals surface area contributed by atoms with Gasteiger partial charge in [-0.3, -0.25) is 10.1 Å². The van der Waals surface area contributed by atoms with E-state index in [0.717, 1.165) is 17.8 Å². The maximum atomic E-state index is 13.4. The first-order valence-corrected chi connectivity index (χ1v) is 8.77. The average molecular weight is 380 g/mol. The van der Waals surface area contributed by atoms with E-state index in [1.165, 1.54) is 18.2 Å². The minimum Gasteiger partial charge on any atom is -0.439 e. The molecule has 1 aromatic heterocycles. The van der Waals surface area contributed by atoms with Gasteiger partial charge < -0.3 is 15.4 Å². The molecular weight excluding hydrogens is 363 g/mol. The van der Waals surface area contributed by atoms with E-state index in [2.05, 4.69) is 15.6 Å². The first kappa shape index (κ1) is 17.7. The van der Waals surface area contributed by atoms with Crippen molar-refractivity contribution in [3.63, 3.8) is 0 Å². The molecule has 0 saturated carbocycles.